The number of nitrogens with one attached hydrogen (secondary N) is 1. The van der Waals surface area contributed by atoms with Crippen LogP contribution in [-0.2, 0) is 10.0 Å². The molecule has 27 heavy (non-hydrogen) atoms. The zero-order valence-electron chi connectivity index (χ0n) is 15.2. The molecule has 7 heteroatoms. The zero-order chi connectivity index (χ0) is 19.2. The molecule has 0 fully saturated rings. The number of aromatic nitrogens is 2. The van der Waals surface area contributed by atoms with Gasteiger partial charge in [0.15, 0.2) is 4.96 Å². The predicted octanol–water partition coefficient (Wildman–Crippen LogP) is 4.79. The molecular weight excluding hydrogens is 378 g/mol. The summed E-state index contributed by atoms with van der Waals surface area (Å²) in [6.07, 6.45) is 1.97. The Morgan fingerprint density at radius 1 is 1.04 bits per heavy atom. The maximum Gasteiger partial charge on any atom is 0.261 e. The van der Waals surface area contributed by atoms with Gasteiger partial charge < -0.3 is 0 Å². The summed E-state index contributed by atoms with van der Waals surface area (Å²) >= 11 is 1.58. The van der Waals surface area contributed by atoms with Crippen molar-refractivity contribution in [1.82, 2.24) is 9.38 Å². The molecule has 4 rings (SSSR count). The number of nitrogens with zero attached hydrogens (tertiary/aromatic N) is 2. The van der Waals surface area contributed by atoms with Crippen molar-refractivity contribution in [2.24, 2.45) is 0 Å². The second-order valence-electron chi connectivity index (χ2n) is 6.67. The summed E-state index contributed by atoms with van der Waals surface area (Å²) in [4.78, 5) is 5.81. The van der Waals surface area contributed by atoms with Crippen LogP contribution in [0.4, 0.5) is 5.69 Å². The smallest absolute Gasteiger partial charge is 0.261 e. The molecule has 0 saturated carbocycles. The number of hydrogen-bond acceptors (Lipinski definition) is 4. The Morgan fingerprint density at radius 3 is 2.48 bits per heavy atom. The normalized spacial score (nSPS) is 11.8. The Morgan fingerprint density at radius 2 is 1.78 bits per heavy atom. The van der Waals surface area contributed by atoms with Crippen LogP contribution in [0.3, 0.4) is 0 Å². The van der Waals surface area contributed by atoms with E-state index in [9.17, 15) is 8.42 Å². The lowest BCUT2D eigenvalue weighted by molar-refractivity contribution is 0.601. The molecule has 0 aliphatic rings. The molecule has 138 valence electrons. The first-order valence-electron chi connectivity index (χ1n) is 8.46. The minimum Gasteiger partial charge on any atom is -0.294 e. The van der Waals surface area contributed by atoms with Crippen LogP contribution in [0, 0.1) is 20.8 Å². The van der Waals surface area contributed by atoms with E-state index in [4.69, 9.17) is 0 Å². The van der Waals surface area contributed by atoms with Gasteiger partial charge in [-0.15, -0.1) is 11.3 Å². The first-order chi connectivity index (χ1) is 12.8. The molecule has 2 aromatic heterocycles. The van der Waals surface area contributed by atoms with E-state index in [1.54, 1.807) is 29.5 Å². The number of anilines is 1. The second-order valence-corrected chi connectivity index (χ2v) is 9.18. The van der Waals surface area contributed by atoms with Crippen molar-refractivity contribution in [3.63, 3.8) is 0 Å². The highest BCUT2D eigenvalue weighted by molar-refractivity contribution is 7.92. The molecule has 0 spiro atoms. The van der Waals surface area contributed by atoms with Gasteiger partial charge in [0.2, 0.25) is 0 Å². The highest BCUT2D eigenvalue weighted by Gasteiger charge is 2.16. The average Bonchev–Trinajstić information content (AvgIpc) is 3.16. The summed E-state index contributed by atoms with van der Waals surface area (Å²) in [6.45, 7) is 5.81. The molecule has 0 bridgehead atoms. The number of fused-ring (bicyclic) bond motifs is 1. The van der Waals surface area contributed by atoms with Crippen LogP contribution in [0.25, 0.3) is 16.2 Å². The van der Waals surface area contributed by atoms with Crippen LogP contribution in [0.5, 0.6) is 0 Å². The van der Waals surface area contributed by atoms with E-state index in [0.29, 0.717) is 5.69 Å². The molecule has 2 aromatic carbocycles. The Labute approximate surface area is 162 Å². The van der Waals surface area contributed by atoms with Crippen molar-refractivity contribution in [2.45, 2.75) is 25.7 Å². The fourth-order valence-corrected chi connectivity index (χ4v) is 5.17. The van der Waals surface area contributed by atoms with Crippen molar-refractivity contribution in [2.75, 3.05) is 4.72 Å². The number of benzene rings is 2. The van der Waals surface area contributed by atoms with E-state index >= 15 is 0 Å². The van der Waals surface area contributed by atoms with E-state index in [1.807, 2.05) is 55.6 Å². The summed E-state index contributed by atoms with van der Waals surface area (Å²) in [5, 5.41) is 2.06. The van der Waals surface area contributed by atoms with Crippen molar-refractivity contribution in [3.8, 4) is 11.3 Å². The minimum atomic E-state index is -3.65. The third-order valence-electron chi connectivity index (χ3n) is 4.30. The molecule has 2 heterocycles. The number of rotatable bonds is 4. The number of sulfonamides is 1. The summed E-state index contributed by atoms with van der Waals surface area (Å²) in [5.74, 6) is 0. The maximum atomic E-state index is 12.8. The van der Waals surface area contributed by atoms with E-state index < -0.39 is 10.0 Å². The van der Waals surface area contributed by atoms with E-state index in [2.05, 4.69) is 15.1 Å². The Balaban J connectivity index is 1.67. The Kier molecular flexibility index (Phi) is 4.28. The summed E-state index contributed by atoms with van der Waals surface area (Å²) in [7, 11) is -3.65. The number of aryl methyl sites for hydroxylation is 3. The van der Waals surface area contributed by atoms with Crippen LogP contribution < -0.4 is 4.72 Å². The molecule has 0 radical (unpaired) electrons. The Hall–Kier alpha value is -2.64. The van der Waals surface area contributed by atoms with Gasteiger partial charge in [-0.3, -0.25) is 9.12 Å². The van der Waals surface area contributed by atoms with Crippen LogP contribution in [0.15, 0.2) is 58.9 Å². The summed E-state index contributed by atoms with van der Waals surface area (Å²) in [5.41, 5.74) is 5.15. The zero-order valence-corrected chi connectivity index (χ0v) is 16.9. The first-order valence-corrected chi connectivity index (χ1v) is 10.8. The van der Waals surface area contributed by atoms with Gasteiger partial charge in [-0.25, -0.2) is 13.4 Å². The molecule has 4 aromatic rings. The molecule has 1 N–H and O–H groups in total. The van der Waals surface area contributed by atoms with Gasteiger partial charge in [-0.2, -0.15) is 0 Å². The largest absolute Gasteiger partial charge is 0.294 e. The number of thiazole rings is 1. The Bertz CT molecular complexity index is 1230. The highest BCUT2D eigenvalue weighted by atomic mass is 32.2. The van der Waals surface area contributed by atoms with Gasteiger partial charge >= 0.3 is 0 Å². The van der Waals surface area contributed by atoms with Gasteiger partial charge in [0, 0.05) is 28.5 Å². The quantitative estimate of drug-likeness (QED) is 0.538. The summed E-state index contributed by atoms with van der Waals surface area (Å²) in [6, 6.07) is 12.6. The fourth-order valence-electron chi connectivity index (χ4n) is 3.08. The third kappa shape index (κ3) is 3.48. The van der Waals surface area contributed by atoms with Gasteiger partial charge in [0.05, 0.1) is 10.6 Å². The average molecular weight is 398 g/mol. The number of imidazole rings is 1. The molecule has 0 aliphatic heterocycles. The molecule has 5 nitrogen and oxygen atoms in total. The summed E-state index contributed by atoms with van der Waals surface area (Å²) < 4.78 is 30.3. The van der Waals surface area contributed by atoms with Crippen LogP contribution in [0.1, 0.15) is 16.8 Å². The van der Waals surface area contributed by atoms with E-state index in [-0.39, 0.29) is 4.90 Å². The van der Waals surface area contributed by atoms with E-state index in [1.165, 1.54) is 0 Å². The minimum absolute atomic E-state index is 0.267. The lowest BCUT2D eigenvalue weighted by atomic mass is 10.1. The molecule has 0 amide bonds. The molecule has 0 atom stereocenters. The highest BCUT2D eigenvalue weighted by Crippen LogP contribution is 2.26. The van der Waals surface area contributed by atoms with Crippen molar-refractivity contribution in [1.29, 1.82) is 0 Å². The van der Waals surface area contributed by atoms with Crippen LogP contribution in [-0.4, -0.2) is 17.8 Å². The van der Waals surface area contributed by atoms with Crippen molar-refractivity contribution < 1.29 is 8.42 Å². The van der Waals surface area contributed by atoms with Crippen molar-refractivity contribution >= 4 is 32.0 Å². The standard InChI is InChI=1S/C20H19N3O2S2/c1-13-7-14(2)9-18(8-13)27(24,25)22-17-6-4-5-16(10-17)19-11-23-15(3)12-26-20(23)21-19/h4-12,22H,1-3H3. The van der Waals surface area contributed by atoms with Crippen molar-refractivity contribution in [3.05, 3.63) is 70.9 Å². The SMILES string of the molecule is Cc1cc(C)cc(S(=O)(=O)Nc2cccc(-c3cn4c(C)csc4n3)c2)c1. The molecular formula is C20H19N3O2S2. The topological polar surface area (TPSA) is 63.5 Å². The first kappa shape index (κ1) is 17.8. The van der Waals surface area contributed by atoms with Crippen LogP contribution >= 0.6 is 11.3 Å². The molecule has 0 aliphatic carbocycles. The van der Waals surface area contributed by atoms with Gasteiger partial charge in [0.1, 0.15) is 0 Å². The third-order valence-corrected chi connectivity index (χ3v) is 6.62. The fraction of sp³-hybridized carbons (Fsp3) is 0.150. The lowest BCUT2D eigenvalue weighted by Gasteiger charge is -2.10. The monoisotopic (exact) mass is 397 g/mol. The lowest BCUT2D eigenvalue weighted by Crippen LogP contribution is -2.13. The van der Waals surface area contributed by atoms with Gasteiger partial charge in [-0.1, -0.05) is 18.2 Å². The van der Waals surface area contributed by atoms with Gasteiger partial charge in [-0.05, 0) is 56.2 Å². The van der Waals surface area contributed by atoms with E-state index in [0.717, 1.165) is 33.0 Å². The maximum absolute atomic E-state index is 12.8. The molecule has 0 unspecified atom stereocenters. The van der Waals surface area contributed by atoms with Crippen LogP contribution in [0.2, 0.25) is 0 Å². The molecule has 0 saturated heterocycles. The predicted molar refractivity (Wildman–Crippen MR) is 110 cm³/mol. The second kappa shape index (κ2) is 6.51. The number of hydrogen-bond donors (Lipinski definition) is 1. The van der Waals surface area contributed by atoms with Gasteiger partial charge in [0.25, 0.3) is 10.0 Å².